The van der Waals surface area contributed by atoms with Crippen molar-refractivity contribution in [2.75, 3.05) is 36.1 Å². The molecule has 13 heavy (non-hydrogen) atoms. The van der Waals surface area contributed by atoms with Gasteiger partial charge in [-0.1, -0.05) is 6.92 Å². The van der Waals surface area contributed by atoms with Crippen molar-refractivity contribution in [2.45, 2.75) is 19.8 Å². The average molecular weight is 219 g/mol. The molecule has 1 nitrogen and oxygen atoms in total. The highest BCUT2D eigenvalue weighted by Crippen LogP contribution is 2.21. The predicted octanol–water partition coefficient (Wildman–Crippen LogP) is 2.47. The Labute approximate surface area is 90.8 Å². The van der Waals surface area contributed by atoms with Crippen molar-refractivity contribution in [3.63, 3.8) is 0 Å². The van der Waals surface area contributed by atoms with Crippen LogP contribution in [0.1, 0.15) is 19.8 Å². The summed E-state index contributed by atoms with van der Waals surface area (Å²) in [6, 6.07) is 0. The summed E-state index contributed by atoms with van der Waals surface area (Å²) in [6.45, 7) is 4.68. The fourth-order valence-electron chi connectivity index (χ4n) is 1.55. The molecule has 1 fully saturated rings. The van der Waals surface area contributed by atoms with Crippen molar-refractivity contribution < 1.29 is 0 Å². The minimum atomic E-state index is 0.966. The average Bonchev–Trinajstić information content (AvgIpc) is 2.19. The van der Waals surface area contributed by atoms with Crippen LogP contribution < -0.4 is 5.32 Å². The van der Waals surface area contributed by atoms with Crippen LogP contribution in [0.4, 0.5) is 0 Å². The lowest BCUT2D eigenvalue weighted by Crippen LogP contribution is -2.27. The molecule has 0 aromatic rings. The van der Waals surface area contributed by atoms with Gasteiger partial charge >= 0.3 is 0 Å². The first-order valence-corrected chi connectivity index (χ1v) is 7.60. The van der Waals surface area contributed by atoms with Gasteiger partial charge < -0.3 is 5.32 Å². The Kier molecular flexibility index (Phi) is 7.23. The Hall–Kier alpha value is 0.660. The van der Waals surface area contributed by atoms with Gasteiger partial charge in [0.2, 0.25) is 0 Å². The first-order chi connectivity index (χ1) is 6.43. The van der Waals surface area contributed by atoms with E-state index in [4.69, 9.17) is 0 Å². The summed E-state index contributed by atoms with van der Waals surface area (Å²) in [5, 5.41) is 3.56. The molecule has 0 unspecified atom stereocenters. The van der Waals surface area contributed by atoms with Gasteiger partial charge in [0.25, 0.3) is 0 Å². The van der Waals surface area contributed by atoms with Crippen molar-refractivity contribution >= 4 is 23.5 Å². The number of hydrogen-bond acceptors (Lipinski definition) is 3. The molecule has 1 aliphatic heterocycles. The van der Waals surface area contributed by atoms with Crippen LogP contribution in [-0.4, -0.2) is 36.1 Å². The van der Waals surface area contributed by atoms with E-state index in [9.17, 15) is 0 Å². The first-order valence-electron chi connectivity index (χ1n) is 5.29. The third-order valence-electron chi connectivity index (χ3n) is 2.40. The molecular weight excluding hydrogens is 198 g/mol. The molecule has 0 aromatic heterocycles. The van der Waals surface area contributed by atoms with Crippen LogP contribution in [-0.2, 0) is 0 Å². The summed E-state index contributed by atoms with van der Waals surface area (Å²) >= 11 is 4.14. The molecule has 0 aromatic carbocycles. The molecule has 3 heteroatoms. The molecule has 0 spiro atoms. The summed E-state index contributed by atoms with van der Waals surface area (Å²) < 4.78 is 0. The second-order valence-corrected chi connectivity index (χ2v) is 6.08. The molecule has 0 bridgehead atoms. The number of thioether (sulfide) groups is 2. The van der Waals surface area contributed by atoms with Gasteiger partial charge in [0.1, 0.15) is 0 Å². The van der Waals surface area contributed by atoms with E-state index in [0.717, 1.165) is 5.92 Å². The van der Waals surface area contributed by atoms with Crippen LogP contribution in [0, 0.1) is 5.92 Å². The highest BCUT2D eigenvalue weighted by atomic mass is 32.2. The summed E-state index contributed by atoms with van der Waals surface area (Å²) in [5.41, 5.74) is 0. The van der Waals surface area contributed by atoms with E-state index < -0.39 is 0 Å². The fraction of sp³-hybridized carbons (Fsp3) is 1.00. The zero-order valence-electron chi connectivity index (χ0n) is 8.55. The SMILES string of the molecule is CCSCCNCC1CCSCC1. The summed E-state index contributed by atoms with van der Waals surface area (Å²) in [5.74, 6) is 6.26. The molecule has 1 N–H and O–H groups in total. The zero-order chi connectivity index (χ0) is 9.36. The molecule has 0 aliphatic carbocycles. The van der Waals surface area contributed by atoms with E-state index >= 15 is 0 Å². The maximum Gasteiger partial charge on any atom is 0.00580 e. The van der Waals surface area contributed by atoms with Crippen LogP contribution >= 0.6 is 23.5 Å². The van der Waals surface area contributed by atoms with Crippen molar-refractivity contribution in [1.29, 1.82) is 0 Å². The lowest BCUT2D eigenvalue weighted by Gasteiger charge is -2.21. The maximum atomic E-state index is 3.56. The summed E-state index contributed by atoms with van der Waals surface area (Å²) in [6.07, 6.45) is 2.86. The van der Waals surface area contributed by atoms with Crippen LogP contribution in [0.5, 0.6) is 0 Å². The van der Waals surface area contributed by atoms with Gasteiger partial charge in [0, 0.05) is 12.3 Å². The second-order valence-electron chi connectivity index (χ2n) is 3.46. The summed E-state index contributed by atoms with van der Waals surface area (Å²) in [4.78, 5) is 0. The Morgan fingerprint density at radius 2 is 2.15 bits per heavy atom. The molecule has 0 atom stereocenters. The van der Waals surface area contributed by atoms with E-state index in [-0.39, 0.29) is 0 Å². The quantitative estimate of drug-likeness (QED) is 0.689. The van der Waals surface area contributed by atoms with Gasteiger partial charge in [0.15, 0.2) is 0 Å². The Morgan fingerprint density at radius 1 is 1.38 bits per heavy atom. The van der Waals surface area contributed by atoms with Gasteiger partial charge in [-0.25, -0.2) is 0 Å². The number of nitrogens with one attached hydrogen (secondary N) is 1. The molecule has 0 amide bonds. The molecule has 1 saturated heterocycles. The van der Waals surface area contributed by atoms with Crippen molar-refractivity contribution in [2.24, 2.45) is 5.92 Å². The Balaban J connectivity index is 1.86. The van der Waals surface area contributed by atoms with Crippen molar-refractivity contribution in [1.82, 2.24) is 5.32 Å². The molecule has 0 radical (unpaired) electrons. The van der Waals surface area contributed by atoms with E-state index in [1.165, 1.54) is 48.9 Å². The highest BCUT2D eigenvalue weighted by molar-refractivity contribution is 7.99. The Bertz CT molecular complexity index is 113. The smallest absolute Gasteiger partial charge is 0.00580 e. The monoisotopic (exact) mass is 219 g/mol. The number of rotatable bonds is 6. The largest absolute Gasteiger partial charge is 0.316 e. The topological polar surface area (TPSA) is 12.0 Å². The third-order valence-corrected chi connectivity index (χ3v) is 4.35. The second kappa shape index (κ2) is 8.01. The van der Waals surface area contributed by atoms with Gasteiger partial charge in [-0.05, 0) is 42.6 Å². The molecule has 78 valence electrons. The molecule has 0 saturated carbocycles. The van der Waals surface area contributed by atoms with Crippen LogP contribution in [0.2, 0.25) is 0 Å². The lowest BCUT2D eigenvalue weighted by molar-refractivity contribution is 0.455. The highest BCUT2D eigenvalue weighted by Gasteiger charge is 2.12. The summed E-state index contributed by atoms with van der Waals surface area (Å²) in [7, 11) is 0. The third kappa shape index (κ3) is 5.87. The van der Waals surface area contributed by atoms with E-state index in [0.29, 0.717) is 0 Å². The molecular formula is C10H21NS2. The van der Waals surface area contributed by atoms with Gasteiger partial charge in [-0.15, -0.1) is 0 Å². The van der Waals surface area contributed by atoms with Gasteiger partial charge in [-0.3, -0.25) is 0 Å². The zero-order valence-corrected chi connectivity index (χ0v) is 10.2. The van der Waals surface area contributed by atoms with Gasteiger partial charge in [0.05, 0.1) is 0 Å². The molecule has 1 aliphatic rings. The predicted molar refractivity (Wildman–Crippen MR) is 65.9 cm³/mol. The first kappa shape index (κ1) is 11.7. The van der Waals surface area contributed by atoms with Crippen molar-refractivity contribution in [3.05, 3.63) is 0 Å². The minimum absolute atomic E-state index is 0.966. The van der Waals surface area contributed by atoms with Crippen molar-refractivity contribution in [3.8, 4) is 0 Å². The maximum absolute atomic E-state index is 3.56. The fourth-order valence-corrected chi connectivity index (χ4v) is 3.33. The van der Waals surface area contributed by atoms with Crippen LogP contribution in [0.25, 0.3) is 0 Å². The lowest BCUT2D eigenvalue weighted by atomic mass is 10.0. The standard InChI is InChI=1S/C10H21NS2/c1-2-12-8-5-11-9-10-3-6-13-7-4-10/h10-11H,2-9H2,1H3. The van der Waals surface area contributed by atoms with Crippen LogP contribution in [0.3, 0.4) is 0 Å². The minimum Gasteiger partial charge on any atom is -0.316 e. The Morgan fingerprint density at radius 3 is 2.85 bits per heavy atom. The van der Waals surface area contributed by atoms with E-state index in [2.05, 4.69) is 24.0 Å². The normalized spacial score (nSPS) is 19.2. The number of hydrogen-bond donors (Lipinski definition) is 1. The van der Waals surface area contributed by atoms with E-state index in [1.54, 1.807) is 0 Å². The molecule has 1 rings (SSSR count). The van der Waals surface area contributed by atoms with Crippen LogP contribution in [0.15, 0.2) is 0 Å². The van der Waals surface area contributed by atoms with Gasteiger partial charge in [-0.2, -0.15) is 23.5 Å². The molecule has 1 heterocycles. The van der Waals surface area contributed by atoms with E-state index in [1.807, 2.05) is 11.8 Å².